The Morgan fingerprint density at radius 3 is 2.47 bits per heavy atom. The lowest BCUT2D eigenvalue weighted by Crippen LogP contribution is -2.17. The fourth-order valence-electron chi connectivity index (χ4n) is 2.82. The largest absolute Gasteiger partial charge is 0.504 e. The van der Waals surface area contributed by atoms with Crippen LogP contribution in [0.5, 0.6) is 0 Å². The Balaban J connectivity index is 2.29. The molecule has 1 aliphatic carbocycles. The number of hydrogen-bond acceptors (Lipinski definition) is 2. The minimum atomic E-state index is 0.440. The second-order valence-corrected chi connectivity index (χ2v) is 5.18. The molecule has 0 amide bonds. The van der Waals surface area contributed by atoms with Gasteiger partial charge in [0.2, 0.25) is 0 Å². The van der Waals surface area contributed by atoms with Crippen LogP contribution in [0.15, 0.2) is 11.8 Å². The molecule has 0 heterocycles. The second-order valence-electron chi connectivity index (χ2n) is 5.18. The predicted molar refractivity (Wildman–Crippen MR) is 70.7 cm³/mol. The molecule has 0 aromatic rings. The summed E-state index contributed by atoms with van der Waals surface area (Å²) in [5.74, 6) is 1.34. The number of hydrogen-bond donors (Lipinski definition) is 0. The molecule has 17 heavy (non-hydrogen) atoms. The van der Waals surface area contributed by atoms with Crippen LogP contribution in [0.1, 0.15) is 58.3 Å². The third kappa shape index (κ3) is 4.93. The summed E-state index contributed by atoms with van der Waals surface area (Å²) < 4.78 is 4.96. The van der Waals surface area contributed by atoms with Crippen molar-refractivity contribution in [2.75, 3.05) is 7.11 Å². The van der Waals surface area contributed by atoms with Gasteiger partial charge in [0.15, 0.2) is 0 Å². The lowest BCUT2D eigenvalue weighted by molar-refractivity contribution is -0.105. The van der Waals surface area contributed by atoms with Crippen LogP contribution in [0.25, 0.3) is 0 Å². The van der Waals surface area contributed by atoms with E-state index in [2.05, 4.69) is 6.92 Å². The molecule has 0 aliphatic heterocycles. The molecule has 0 radical (unpaired) electrons. The van der Waals surface area contributed by atoms with E-state index in [-0.39, 0.29) is 0 Å². The van der Waals surface area contributed by atoms with Gasteiger partial charge in [-0.3, -0.25) is 4.79 Å². The van der Waals surface area contributed by atoms with Crippen molar-refractivity contribution in [1.82, 2.24) is 0 Å². The molecular weight excluding hydrogens is 212 g/mol. The summed E-state index contributed by atoms with van der Waals surface area (Å²) in [5, 5.41) is 0. The number of methoxy groups -OCH3 is 1. The van der Waals surface area contributed by atoms with E-state index < -0.39 is 0 Å². The van der Waals surface area contributed by atoms with Gasteiger partial charge < -0.3 is 4.74 Å². The van der Waals surface area contributed by atoms with Crippen molar-refractivity contribution in [3.63, 3.8) is 0 Å². The zero-order chi connectivity index (χ0) is 12.5. The summed E-state index contributed by atoms with van der Waals surface area (Å²) >= 11 is 0. The van der Waals surface area contributed by atoms with Crippen molar-refractivity contribution in [3.05, 3.63) is 11.8 Å². The van der Waals surface area contributed by atoms with Crippen molar-refractivity contribution >= 4 is 6.29 Å². The average Bonchev–Trinajstić information content (AvgIpc) is 2.37. The molecular formula is C15H26O2. The molecule has 0 N–H and O–H groups in total. The Labute approximate surface area is 105 Å². The van der Waals surface area contributed by atoms with E-state index in [1.807, 2.05) is 0 Å². The van der Waals surface area contributed by atoms with E-state index in [0.29, 0.717) is 5.92 Å². The molecule has 98 valence electrons. The Hall–Kier alpha value is -0.790. The number of carbonyl (C=O) groups is 1. The first-order chi connectivity index (χ1) is 8.31. The van der Waals surface area contributed by atoms with Crippen LogP contribution < -0.4 is 0 Å². The SMILES string of the molecule is CCCCC[C@H]1CC[C@H](/C(C=O)=C\OC)CC1. The number of rotatable bonds is 7. The molecule has 0 saturated heterocycles. The zero-order valence-electron chi connectivity index (χ0n) is 11.3. The van der Waals surface area contributed by atoms with Gasteiger partial charge in [-0.2, -0.15) is 0 Å². The quantitative estimate of drug-likeness (QED) is 0.289. The summed E-state index contributed by atoms with van der Waals surface area (Å²) in [7, 11) is 1.61. The molecule has 1 saturated carbocycles. The summed E-state index contributed by atoms with van der Waals surface area (Å²) in [6, 6.07) is 0. The van der Waals surface area contributed by atoms with E-state index in [1.54, 1.807) is 13.4 Å². The number of aldehydes is 1. The van der Waals surface area contributed by atoms with Gasteiger partial charge in [-0.15, -0.1) is 0 Å². The molecule has 1 rings (SSSR count). The molecule has 2 nitrogen and oxygen atoms in total. The lowest BCUT2D eigenvalue weighted by atomic mass is 9.77. The highest BCUT2D eigenvalue weighted by atomic mass is 16.5. The van der Waals surface area contributed by atoms with Gasteiger partial charge in [0.05, 0.1) is 13.4 Å². The minimum absolute atomic E-state index is 0.440. The maximum Gasteiger partial charge on any atom is 0.149 e. The molecule has 0 unspecified atom stereocenters. The van der Waals surface area contributed by atoms with Gasteiger partial charge in [-0.05, 0) is 37.5 Å². The number of carbonyl (C=O) groups excluding carboxylic acids is 1. The molecule has 0 aromatic heterocycles. The molecule has 1 fully saturated rings. The fraction of sp³-hybridized carbons (Fsp3) is 0.800. The first-order valence-corrected chi connectivity index (χ1v) is 6.99. The van der Waals surface area contributed by atoms with Crippen molar-refractivity contribution in [3.8, 4) is 0 Å². The summed E-state index contributed by atoms with van der Waals surface area (Å²) in [6.07, 6.45) is 12.9. The lowest BCUT2D eigenvalue weighted by Gasteiger charge is -2.28. The van der Waals surface area contributed by atoms with E-state index in [1.165, 1.54) is 38.5 Å². The van der Waals surface area contributed by atoms with Crippen molar-refractivity contribution in [2.45, 2.75) is 58.3 Å². The van der Waals surface area contributed by atoms with Crippen LogP contribution in [0, 0.1) is 11.8 Å². The van der Waals surface area contributed by atoms with Crippen LogP contribution in [-0.4, -0.2) is 13.4 Å². The average molecular weight is 238 g/mol. The van der Waals surface area contributed by atoms with E-state index in [4.69, 9.17) is 4.74 Å². The number of ether oxygens (including phenoxy) is 1. The fourth-order valence-corrected chi connectivity index (χ4v) is 2.82. The van der Waals surface area contributed by atoms with Crippen molar-refractivity contribution in [2.24, 2.45) is 11.8 Å². The van der Waals surface area contributed by atoms with Gasteiger partial charge in [0.25, 0.3) is 0 Å². The summed E-state index contributed by atoms with van der Waals surface area (Å²) in [4.78, 5) is 10.9. The smallest absolute Gasteiger partial charge is 0.149 e. The zero-order valence-corrected chi connectivity index (χ0v) is 11.3. The van der Waals surface area contributed by atoms with Gasteiger partial charge in [-0.25, -0.2) is 0 Å². The molecule has 0 aromatic carbocycles. The highest BCUT2D eigenvalue weighted by Gasteiger charge is 2.23. The normalized spacial score (nSPS) is 25.6. The Morgan fingerprint density at radius 1 is 1.24 bits per heavy atom. The maximum atomic E-state index is 10.9. The summed E-state index contributed by atoms with van der Waals surface area (Å²) in [6.45, 7) is 2.25. The molecule has 0 atom stereocenters. The summed E-state index contributed by atoms with van der Waals surface area (Å²) in [5.41, 5.74) is 0.847. The molecule has 1 aliphatic rings. The maximum absolute atomic E-state index is 10.9. The highest BCUT2D eigenvalue weighted by molar-refractivity contribution is 5.73. The third-order valence-corrected chi connectivity index (χ3v) is 3.92. The van der Waals surface area contributed by atoms with E-state index >= 15 is 0 Å². The molecule has 0 bridgehead atoms. The van der Waals surface area contributed by atoms with Crippen LogP contribution >= 0.6 is 0 Å². The Kier molecular flexibility index (Phi) is 6.99. The number of allylic oxidation sites excluding steroid dienone is 1. The van der Waals surface area contributed by atoms with E-state index in [0.717, 1.165) is 30.6 Å². The van der Waals surface area contributed by atoms with Gasteiger partial charge >= 0.3 is 0 Å². The Morgan fingerprint density at radius 2 is 1.94 bits per heavy atom. The first kappa shape index (κ1) is 14.3. The van der Waals surface area contributed by atoms with Crippen molar-refractivity contribution < 1.29 is 9.53 Å². The van der Waals surface area contributed by atoms with Crippen LogP contribution in [0.2, 0.25) is 0 Å². The highest BCUT2D eigenvalue weighted by Crippen LogP contribution is 2.35. The standard InChI is InChI=1S/C15H26O2/c1-3-4-5-6-13-7-9-14(10-8-13)15(11-16)12-17-2/h11-14H,3-10H2,1-2H3/b15-12-/t13-,14-. The van der Waals surface area contributed by atoms with E-state index in [9.17, 15) is 4.79 Å². The minimum Gasteiger partial charge on any atom is -0.504 e. The van der Waals surface area contributed by atoms with Crippen LogP contribution in [0.4, 0.5) is 0 Å². The van der Waals surface area contributed by atoms with Gasteiger partial charge in [0.1, 0.15) is 6.29 Å². The molecule has 0 spiro atoms. The van der Waals surface area contributed by atoms with Crippen LogP contribution in [0.3, 0.4) is 0 Å². The topological polar surface area (TPSA) is 26.3 Å². The number of unbranched alkanes of at least 4 members (excludes halogenated alkanes) is 2. The van der Waals surface area contributed by atoms with Gasteiger partial charge in [0, 0.05) is 5.57 Å². The Bertz CT molecular complexity index is 237. The third-order valence-electron chi connectivity index (χ3n) is 3.92. The monoisotopic (exact) mass is 238 g/mol. The second kappa shape index (κ2) is 8.32. The predicted octanol–water partition coefficient (Wildman–Crippen LogP) is 4.10. The molecule has 2 heteroatoms. The first-order valence-electron chi connectivity index (χ1n) is 6.99. The van der Waals surface area contributed by atoms with Crippen LogP contribution in [-0.2, 0) is 9.53 Å². The van der Waals surface area contributed by atoms with Gasteiger partial charge in [-0.1, -0.05) is 32.6 Å². The van der Waals surface area contributed by atoms with Crippen molar-refractivity contribution in [1.29, 1.82) is 0 Å².